The second kappa shape index (κ2) is 5.72. The first-order valence-corrected chi connectivity index (χ1v) is 7.23. The molecule has 4 nitrogen and oxygen atoms in total. The van der Waals surface area contributed by atoms with E-state index in [1.165, 1.54) is 5.56 Å². The molecule has 0 bridgehead atoms. The van der Waals surface area contributed by atoms with Crippen LogP contribution < -0.4 is 10.6 Å². The fourth-order valence-electron chi connectivity index (χ4n) is 2.08. The van der Waals surface area contributed by atoms with Gasteiger partial charge in [0.1, 0.15) is 0 Å². The molecule has 21 heavy (non-hydrogen) atoms. The summed E-state index contributed by atoms with van der Waals surface area (Å²) in [5.74, 6) is 0.468. The molecule has 0 aliphatic heterocycles. The topological polar surface area (TPSA) is 54.0 Å². The second-order valence-corrected chi connectivity index (χ2v) is 6.66. The molecule has 2 aromatic rings. The van der Waals surface area contributed by atoms with Crippen molar-refractivity contribution in [1.29, 1.82) is 0 Å². The van der Waals surface area contributed by atoms with Gasteiger partial charge in [0, 0.05) is 10.9 Å². The van der Waals surface area contributed by atoms with E-state index in [1.54, 1.807) is 6.20 Å². The van der Waals surface area contributed by atoms with Crippen LogP contribution in [0.2, 0.25) is 0 Å². The van der Waals surface area contributed by atoms with Crippen molar-refractivity contribution in [3.8, 4) is 0 Å². The molecule has 0 aliphatic rings. The molecule has 112 valence electrons. The lowest BCUT2D eigenvalue weighted by molar-refractivity contribution is 0.244. The Kier molecular flexibility index (Phi) is 4.16. The summed E-state index contributed by atoms with van der Waals surface area (Å²) in [5.41, 5.74) is 2.63. The highest BCUT2D eigenvalue weighted by atomic mass is 16.2. The summed E-state index contributed by atoms with van der Waals surface area (Å²) in [7, 11) is 0. The van der Waals surface area contributed by atoms with E-state index in [9.17, 15) is 4.79 Å². The molecule has 2 rings (SSSR count). The molecular formula is C17H23N3O. The summed E-state index contributed by atoms with van der Waals surface area (Å²) >= 11 is 0. The van der Waals surface area contributed by atoms with Crippen molar-refractivity contribution in [3.05, 3.63) is 36.0 Å². The van der Waals surface area contributed by atoms with Crippen molar-refractivity contribution in [2.75, 3.05) is 5.32 Å². The summed E-state index contributed by atoms with van der Waals surface area (Å²) in [6.45, 7) is 10.2. The molecular weight excluding hydrogens is 262 g/mol. The van der Waals surface area contributed by atoms with Gasteiger partial charge in [0.2, 0.25) is 0 Å². The highest BCUT2D eigenvalue weighted by molar-refractivity contribution is 5.92. The zero-order valence-electron chi connectivity index (χ0n) is 13.3. The minimum absolute atomic E-state index is 0.219. The Morgan fingerprint density at radius 2 is 1.90 bits per heavy atom. The third-order valence-corrected chi connectivity index (χ3v) is 3.12. The Labute approximate surface area is 126 Å². The number of hydrogen-bond acceptors (Lipinski definition) is 2. The van der Waals surface area contributed by atoms with E-state index in [-0.39, 0.29) is 11.6 Å². The fourth-order valence-corrected chi connectivity index (χ4v) is 2.08. The van der Waals surface area contributed by atoms with Crippen LogP contribution in [-0.2, 0) is 0 Å². The Hall–Kier alpha value is -2.10. The van der Waals surface area contributed by atoms with E-state index in [1.807, 2.05) is 32.9 Å². The average Bonchev–Trinajstić information content (AvgIpc) is 2.35. The summed E-state index contributed by atoms with van der Waals surface area (Å²) in [6.07, 6.45) is 1.68. The van der Waals surface area contributed by atoms with E-state index in [0.717, 1.165) is 10.9 Å². The first-order valence-electron chi connectivity index (χ1n) is 7.23. The molecule has 1 aromatic carbocycles. The lowest BCUT2D eigenvalue weighted by Crippen LogP contribution is -2.43. The number of amides is 2. The van der Waals surface area contributed by atoms with E-state index in [4.69, 9.17) is 0 Å². The Morgan fingerprint density at radius 3 is 2.52 bits per heavy atom. The second-order valence-electron chi connectivity index (χ2n) is 6.66. The average molecular weight is 285 g/mol. The number of urea groups is 1. The van der Waals surface area contributed by atoms with Gasteiger partial charge in [-0.1, -0.05) is 19.9 Å². The number of carbonyl (C=O) groups is 1. The molecule has 1 heterocycles. The van der Waals surface area contributed by atoms with Gasteiger partial charge < -0.3 is 10.6 Å². The summed E-state index contributed by atoms with van der Waals surface area (Å²) < 4.78 is 0. The molecule has 0 atom stereocenters. The van der Waals surface area contributed by atoms with Gasteiger partial charge in [-0.2, -0.15) is 0 Å². The van der Waals surface area contributed by atoms with Crippen LogP contribution >= 0.6 is 0 Å². The number of nitrogens with one attached hydrogen (secondary N) is 2. The van der Waals surface area contributed by atoms with Crippen LogP contribution in [0.5, 0.6) is 0 Å². The van der Waals surface area contributed by atoms with Crippen LogP contribution in [0.3, 0.4) is 0 Å². The van der Waals surface area contributed by atoms with Gasteiger partial charge in [0.05, 0.1) is 17.4 Å². The van der Waals surface area contributed by atoms with Gasteiger partial charge in [0.15, 0.2) is 0 Å². The number of fused-ring (bicyclic) bond motifs is 1. The summed E-state index contributed by atoms with van der Waals surface area (Å²) in [4.78, 5) is 16.3. The van der Waals surface area contributed by atoms with Crippen molar-refractivity contribution in [2.45, 2.75) is 46.1 Å². The summed E-state index contributed by atoms with van der Waals surface area (Å²) in [5, 5.41) is 6.73. The number of pyridine rings is 1. The first-order chi connectivity index (χ1) is 9.74. The fraction of sp³-hybridized carbons (Fsp3) is 0.412. The molecule has 2 N–H and O–H groups in total. The molecule has 0 radical (unpaired) electrons. The van der Waals surface area contributed by atoms with E-state index in [0.29, 0.717) is 11.6 Å². The van der Waals surface area contributed by atoms with E-state index >= 15 is 0 Å². The number of carbonyl (C=O) groups excluding carboxylic acids is 1. The number of nitrogens with zero attached hydrogens (tertiary/aromatic N) is 1. The highest BCUT2D eigenvalue weighted by Gasteiger charge is 2.13. The lowest BCUT2D eigenvalue weighted by Gasteiger charge is -2.20. The Bertz CT molecular complexity index is 657. The van der Waals surface area contributed by atoms with Crippen molar-refractivity contribution < 1.29 is 4.79 Å². The lowest BCUT2D eigenvalue weighted by atomic mass is 10.0. The predicted molar refractivity (Wildman–Crippen MR) is 87.7 cm³/mol. The zero-order valence-corrected chi connectivity index (χ0v) is 13.3. The zero-order chi connectivity index (χ0) is 15.6. The van der Waals surface area contributed by atoms with Crippen LogP contribution in [0, 0.1) is 0 Å². The van der Waals surface area contributed by atoms with Gasteiger partial charge in [-0.15, -0.1) is 0 Å². The molecule has 4 heteroatoms. The van der Waals surface area contributed by atoms with Crippen molar-refractivity contribution >= 4 is 22.6 Å². The van der Waals surface area contributed by atoms with E-state index < -0.39 is 0 Å². The number of anilines is 1. The van der Waals surface area contributed by atoms with Crippen LogP contribution in [0.1, 0.15) is 46.1 Å². The molecule has 2 amide bonds. The van der Waals surface area contributed by atoms with Crippen molar-refractivity contribution in [3.63, 3.8) is 0 Å². The SMILES string of the molecule is CC(C)c1ccc2ncc(NC(=O)NC(C)(C)C)cc2c1. The Balaban J connectivity index is 2.23. The number of rotatable bonds is 2. The number of benzene rings is 1. The van der Waals surface area contributed by atoms with Crippen LogP contribution in [0.4, 0.5) is 10.5 Å². The quantitative estimate of drug-likeness (QED) is 0.865. The van der Waals surface area contributed by atoms with Gasteiger partial charge >= 0.3 is 6.03 Å². The van der Waals surface area contributed by atoms with E-state index in [2.05, 4.69) is 41.6 Å². The monoisotopic (exact) mass is 285 g/mol. The van der Waals surface area contributed by atoms with Crippen LogP contribution in [0.15, 0.2) is 30.5 Å². The molecule has 0 aliphatic carbocycles. The number of hydrogen-bond donors (Lipinski definition) is 2. The normalized spacial score (nSPS) is 11.7. The largest absolute Gasteiger partial charge is 0.333 e. The molecule has 0 saturated heterocycles. The standard InChI is InChI=1S/C17H23N3O/c1-11(2)12-6-7-15-13(8-12)9-14(10-18-15)19-16(21)20-17(3,4)5/h6-11H,1-5H3,(H2,19,20,21). The Morgan fingerprint density at radius 1 is 1.19 bits per heavy atom. The third-order valence-electron chi connectivity index (χ3n) is 3.12. The maximum absolute atomic E-state index is 11.9. The minimum atomic E-state index is -0.265. The van der Waals surface area contributed by atoms with Gasteiger partial charge in [-0.25, -0.2) is 4.79 Å². The molecule has 0 unspecified atom stereocenters. The van der Waals surface area contributed by atoms with Gasteiger partial charge in [-0.05, 0) is 50.5 Å². The number of aromatic nitrogens is 1. The van der Waals surface area contributed by atoms with Gasteiger partial charge in [-0.3, -0.25) is 4.98 Å². The maximum Gasteiger partial charge on any atom is 0.319 e. The molecule has 0 spiro atoms. The van der Waals surface area contributed by atoms with Crippen molar-refractivity contribution in [1.82, 2.24) is 10.3 Å². The maximum atomic E-state index is 11.9. The van der Waals surface area contributed by atoms with Crippen LogP contribution in [-0.4, -0.2) is 16.6 Å². The molecule has 0 saturated carbocycles. The van der Waals surface area contributed by atoms with Crippen molar-refractivity contribution in [2.24, 2.45) is 0 Å². The molecule has 1 aromatic heterocycles. The minimum Gasteiger partial charge on any atom is -0.333 e. The predicted octanol–water partition coefficient (Wildman–Crippen LogP) is 4.28. The smallest absolute Gasteiger partial charge is 0.319 e. The van der Waals surface area contributed by atoms with Gasteiger partial charge in [0.25, 0.3) is 0 Å². The first kappa shape index (κ1) is 15.3. The highest BCUT2D eigenvalue weighted by Crippen LogP contribution is 2.22. The third kappa shape index (κ3) is 4.18. The summed E-state index contributed by atoms with van der Waals surface area (Å²) in [6, 6.07) is 7.98. The van der Waals surface area contributed by atoms with Crippen LogP contribution in [0.25, 0.3) is 10.9 Å². The molecule has 0 fully saturated rings.